The van der Waals surface area contributed by atoms with Gasteiger partial charge in [-0.15, -0.1) is 12.3 Å². The van der Waals surface area contributed by atoms with Gasteiger partial charge in [0.05, 0.1) is 0 Å². The van der Waals surface area contributed by atoms with Gasteiger partial charge < -0.3 is 5.32 Å². The first-order chi connectivity index (χ1) is 4.93. The largest absolute Gasteiger partial charge is 0.359 e. The molecule has 0 spiro atoms. The molecule has 3 nitrogen and oxygen atoms in total. The Labute approximate surface area is 63.7 Å². The molecule has 0 fully saturated rings. The van der Waals surface area contributed by atoms with Gasteiger partial charge in [-0.2, -0.15) is 4.37 Å². The van der Waals surface area contributed by atoms with Crippen molar-refractivity contribution in [3.8, 4) is 12.3 Å². The second-order valence-electron chi connectivity index (χ2n) is 1.63. The summed E-state index contributed by atoms with van der Waals surface area (Å²) >= 11 is 1.33. The fourth-order valence-electron chi connectivity index (χ4n) is 0.493. The van der Waals surface area contributed by atoms with Crippen LogP contribution in [0.1, 0.15) is 6.42 Å². The molecule has 0 saturated carbocycles. The van der Waals surface area contributed by atoms with Gasteiger partial charge in [0.25, 0.3) is 0 Å². The van der Waals surface area contributed by atoms with Crippen molar-refractivity contribution in [3.05, 3.63) is 6.33 Å². The lowest BCUT2D eigenvalue weighted by Crippen LogP contribution is -1.98. The minimum atomic E-state index is 0.722. The second kappa shape index (κ2) is 3.85. The van der Waals surface area contributed by atoms with E-state index >= 15 is 0 Å². The molecule has 0 aliphatic heterocycles. The molecule has 0 radical (unpaired) electrons. The maximum atomic E-state index is 5.05. The molecule has 1 rings (SSSR count). The Morgan fingerprint density at radius 3 is 3.30 bits per heavy atom. The van der Waals surface area contributed by atoms with Crippen molar-refractivity contribution in [2.24, 2.45) is 0 Å². The van der Waals surface area contributed by atoms with E-state index in [1.807, 2.05) is 0 Å². The van der Waals surface area contributed by atoms with Crippen LogP contribution in [-0.2, 0) is 0 Å². The Kier molecular flexibility index (Phi) is 2.71. The maximum Gasteiger partial charge on any atom is 0.202 e. The lowest BCUT2D eigenvalue weighted by atomic mass is 10.4. The number of nitrogens with one attached hydrogen (secondary N) is 1. The average molecular weight is 153 g/mol. The van der Waals surface area contributed by atoms with E-state index < -0.39 is 0 Å². The van der Waals surface area contributed by atoms with E-state index in [1.165, 1.54) is 17.9 Å². The summed E-state index contributed by atoms with van der Waals surface area (Å²) in [5.74, 6) is 2.52. The molecule has 1 N–H and O–H groups in total. The number of hydrogen-bond acceptors (Lipinski definition) is 4. The van der Waals surface area contributed by atoms with E-state index in [0.717, 1.165) is 18.1 Å². The lowest BCUT2D eigenvalue weighted by molar-refractivity contribution is 1.09. The molecule has 0 atom stereocenters. The summed E-state index contributed by atoms with van der Waals surface area (Å²) in [4.78, 5) is 3.92. The fraction of sp³-hybridized carbons (Fsp3) is 0.333. The molecule has 10 heavy (non-hydrogen) atoms. The van der Waals surface area contributed by atoms with Crippen LogP contribution in [0.15, 0.2) is 6.33 Å². The van der Waals surface area contributed by atoms with E-state index in [1.54, 1.807) is 0 Å². The predicted octanol–water partition coefficient (Wildman–Crippen LogP) is 0.973. The number of anilines is 1. The zero-order valence-corrected chi connectivity index (χ0v) is 6.19. The summed E-state index contributed by atoms with van der Waals surface area (Å²) in [5, 5.41) is 3.86. The van der Waals surface area contributed by atoms with E-state index in [0.29, 0.717) is 0 Å². The van der Waals surface area contributed by atoms with E-state index in [2.05, 4.69) is 20.6 Å². The maximum absolute atomic E-state index is 5.05. The van der Waals surface area contributed by atoms with Gasteiger partial charge in [-0.25, -0.2) is 4.98 Å². The van der Waals surface area contributed by atoms with Crippen LogP contribution in [-0.4, -0.2) is 15.9 Å². The predicted molar refractivity (Wildman–Crippen MR) is 41.8 cm³/mol. The summed E-state index contributed by atoms with van der Waals surface area (Å²) in [5.41, 5.74) is 0. The topological polar surface area (TPSA) is 37.8 Å². The molecule has 1 heterocycles. The van der Waals surface area contributed by atoms with Gasteiger partial charge in [-0.3, -0.25) is 0 Å². The van der Waals surface area contributed by atoms with Gasteiger partial charge in [0.2, 0.25) is 5.13 Å². The highest BCUT2D eigenvalue weighted by atomic mass is 32.1. The van der Waals surface area contributed by atoms with Crippen molar-refractivity contribution in [2.45, 2.75) is 6.42 Å². The number of hydrogen-bond donors (Lipinski definition) is 1. The van der Waals surface area contributed by atoms with Gasteiger partial charge >= 0.3 is 0 Å². The average Bonchev–Trinajstić information content (AvgIpc) is 2.41. The summed E-state index contributed by atoms with van der Waals surface area (Å²) in [6, 6.07) is 0. The van der Waals surface area contributed by atoms with Crippen LogP contribution in [0.3, 0.4) is 0 Å². The Balaban J connectivity index is 2.23. The van der Waals surface area contributed by atoms with Crippen molar-refractivity contribution in [1.82, 2.24) is 9.36 Å². The summed E-state index contributed by atoms with van der Waals surface area (Å²) < 4.78 is 3.82. The van der Waals surface area contributed by atoms with Gasteiger partial charge in [0.15, 0.2) is 0 Å². The minimum Gasteiger partial charge on any atom is -0.359 e. The monoisotopic (exact) mass is 153 g/mol. The molecule has 1 aromatic rings. The first kappa shape index (κ1) is 7.03. The van der Waals surface area contributed by atoms with E-state index in [4.69, 9.17) is 6.42 Å². The third kappa shape index (κ3) is 2.03. The first-order valence-electron chi connectivity index (χ1n) is 2.87. The Bertz CT molecular complexity index is 211. The molecule has 0 saturated heterocycles. The fourth-order valence-corrected chi connectivity index (χ4v) is 0.948. The highest BCUT2D eigenvalue weighted by Gasteiger charge is 1.90. The molecule has 0 aliphatic rings. The first-order valence-corrected chi connectivity index (χ1v) is 3.65. The van der Waals surface area contributed by atoms with Gasteiger partial charge in [0, 0.05) is 24.5 Å². The Hall–Kier alpha value is -1.08. The third-order valence-electron chi connectivity index (χ3n) is 0.907. The molecule has 52 valence electrons. The van der Waals surface area contributed by atoms with Crippen LogP contribution in [0.4, 0.5) is 5.13 Å². The molecular weight excluding hydrogens is 146 g/mol. The molecular formula is C6H7N3S. The molecule has 0 aromatic carbocycles. The number of terminal acetylenes is 1. The van der Waals surface area contributed by atoms with E-state index in [-0.39, 0.29) is 0 Å². The lowest BCUT2D eigenvalue weighted by Gasteiger charge is -1.94. The Morgan fingerprint density at radius 2 is 2.70 bits per heavy atom. The van der Waals surface area contributed by atoms with Gasteiger partial charge in [0.1, 0.15) is 6.33 Å². The highest BCUT2D eigenvalue weighted by Crippen LogP contribution is 2.05. The van der Waals surface area contributed by atoms with E-state index in [9.17, 15) is 0 Å². The van der Waals surface area contributed by atoms with Crippen molar-refractivity contribution < 1.29 is 0 Å². The van der Waals surface area contributed by atoms with Gasteiger partial charge in [-0.1, -0.05) is 0 Å². The minimum absolute atomic E-state index is 0.722. The van der Waals surface area contributed by atoms with Crippen LogP contribution in [0.2, 0.25) is 0 Å². The van der Waals surface area contributed by atoms with Crippen LogP contribution < -0.4 is 5.32 Å². The molecule has 0 unspecified atom stereocenters. The Morgan fingerprint density at radius 1 is 1.80 bits per heavy atom. The SMILES string of the molecule is C#CCCNc1ncns1. The normalized spacial score (nSPS) is 8.70. The zero-order chi connectivity index (χ0) is 7.23. The summed E-state index contributed by atoms with van der Waals surface area (Å²) in [6.45, 7) is 0.770. The summed E-state index contributed by atoms with van der Waals surface area (Å²) in [6.07, 6.45) is 7.28. The number of nitrogens with zero attached hydrogens (tertiary/aromatic N) is 2. The quantitative estimate of drug-likeness (QED) is 0.519. The number of aromatic nitrogens is 2. The molecule has 0 bridgehead atoms. The van der Waals surface area contributed by atoms with Crippen LogP contribution in [0, 0.1) is 12.3 Å². The van der Waals surface area contributed by atoms with Crippen molar-refractivity contribution in [2.75, 3.05) is 11.9 Å². The molecule has 0 aliphatic carbocycles. The van der Waals surface area contributed by atoms with Crippen LogP contribution in [0.5, 0.6) is 0 Å². The van der Waals surface area contributed by atoms with Crippen LogP contribution >= 0.6 is 11.5 Å². The molecule has 1 aromatic heterocycles. The van der Waals surface area contributed by atoms with Gasteiger partial charge in [-0.05, 0) is 0 Å². The summed E-state index contributed by atoms with van der Waals surface area (Å²) in [7, 11) is 0. The highest BCUT2D eigenvalue weighted by molar-refractivity contribution is 7.09. The standard InChI is InChI=1S/C6H7N3S/c1-2-3-4-7-6-8-5-9-10-6/h1,5H,3-4H2,(H,7,8,9). The third-order valence-corrected chi connectivity index (χ3v) is 1.53. The zero-order valence-electron chi connectivity index (χ0n) is 5.37. The second-order valence-corrected chi connectivity index (χ2v) is 2.41. The molecule has 4 heteroatoms. The van der Waals surface area contributed by atoms with Crippen molar-refractivity contribution >= 4 is 16.7 Å². The van der Waals surface area contributed by atoms with Crippen molar-refractivity contribution in [1.29, 1.82) is 0 Å². The molecule has 0 amide bonds. The van der Waals surface area contributed by atoms with Crippen LogP contribution in [0.25, 0.3) is 0 Å². The van der Waals surface area contributed by atoms with Crippen molar-refractivity contribution in [3.63, 3.8) is 0 Å². The smallest absolute Gasteiger partial charge is 0.202 e. The number of rotatable bonds is 3.